The van der Waals surface area contributed by atoms with E-state index in [9.17, 15) is 9.59 Å². The molecule has 1 unspecified atom stereocenters. The Kier molecular flexibility index (Phi) is 8.09. The van der Waals surface area contributed by atoms with E-state index in [4.69, 9.17) is 9.47 Å². The summed E-state index contributed by atoms with van der Waals surface area (Å²) in [5, 5.41) is 0. The number of hydrogen-bond acceptors (Lipinski definition) is 6. The lowest BCUT2D eigenvalue weighted by Crippen LogP contribution is -2.35. The van der Waals surface area contributed by atoms with Crippen LogP contribution in [0.5, 0.6) is 5.75 Å². The summed E-state index contributed by atoms with van der Waals surface area (Å²) in [5.41, 5.74) is 3.67. The van der Waals surface area contributed by atoms with Crippen molar-refractivity contribution in [2.45, 2.75) is 25.9 Å². The monoisotopic (exact) mass is 471 g/mol. The third kappa shape index (κ3) is 6.44. The fraction of sp³-hybridized carbons (Fsp3) is 0.321. The first-order valence-corrected chi connectivity index (χ1v) is 11.6. The number of rotatable bonds is 7. The zero-order valence-electron chi connectivity index (χ0n) is 20.1. The fourth-order valence-electron chi connectivity index (χ4n) is 4.01. The SMILES string of the molecule is COc1cncn(C(Cc2ccc(C#Cc3ccc(CN4CCOCC4)cc3)cc2)C(C)=O)c1=O. The molecule has 35 heavy (non-hydrogen) atoms. The van der Waals surface area contributed by atoms with Gasteiger partial charge < -0.3 is 9.47 Å². The molecule has 0 aliphatic carbocycles. The molecule has 1 fully saturated rings. The van der Waals surface area contributed by atoms with Gasteiger partial charge in [-0.25, -0.2) is 4.98 Å². The minimum Gasteiger partial charge on any atom is -0.490 e. The first-order chi connectivity index (χ1) is 17.0. The van der Waals surface area contributed by atoms with Crippen molar-refractivity contribution in [2.24, 2.45) is 0 Å². The highest BCUT2D eigenvalue weighted by molar-refractivity contribution is 5.80. The van der Waals surface area contributed by atoms with Gasteiger partial charge in [-0.05, 0) is 42.3 Å². The predicted molar refractivity (Wildman–Crippen MR) is 133 cm³/mol. The van der Waals surface area contributed by atoms with Gasteiger partial charge in [0.2, 0.25) is 5.75 Å². The number of carbonyl (C=O) groups is 1. The van der Waals surface area contributed by atoms with Crippen molar-refractivity contribution in [3.8, 4) is 17.6 Å². The van der Waals surface area contributed by atoms with Gasteiger partial charge in [-0.2, -0.15) is 0 Å². The molecule has 1 aliphatic rings. The maximum Gasteiger partial charge on any atom is 0.296 e. The van der Waals surface area contributed by atoms with Crippen LogP contribution in [-0.4, -0.2) is 53.6 Å². The van der Waals surface area contributed by atoms with E-state index in [-0.39, 0.29) is 17.1 Å². The van der Waals surface area contributed by atoms with Crippen molar-refractivity contribution in [3.63, 3.8) is 0 Å². The number of Topliss-reactive ketones (excluding diaryl/α,β-unsaturated/α-hetero) is 1. The lowest BCUT2D eigenvalue weighted by molar-refractivity contribution is -0.120. The summed E-state index contributed by atoms with van der Waals surface area (Å²) < 4.78 is 11.8. The lowest BCUT2D eigenvalue weighted by atomic mass is 10.0. The smallest absolute Gasteiger partial charge is 0.296 e. The summed E-state index contributed by atoms with van der Waals surface area (Å²) in [6.45, 7) is 5.94. The number of nitrogens with zero attached hydrogens (tertiary/aromatic N) is 3. The Bertz CT molecular complexity index is 1260. The standard InChI is InChI=1S/C28H29N3O4/c1-21(32)26(31-20-29-18-27(34-2)28(31)33)17-24-9-5-22(6-10-24)3-4-23-7-11-25(12-8-23)19-30-13-15-35-16-14-30/h5-12,18,20,26H,13-17,19H2,1-2H3. The lowest BCUT2D eigenvalue weighted by Gasteiger charge is -2.26. The fourth-order valence-corrected chi connectivity index (χ4v) is 4.01. The van der Waals surface area contributed by atoms with Crippen molar-refractivity contribution in [1.29, 1.82) is 0 Å². The van der Waals surface area contributed by atoms with E-state index in [1.807, 2.05) is 24.3 Å². The normalized spacial score (nSPS) is 14.6. The molecule has 1 aromatic heterocycles. The first kappa shape index (κ1) is 24.4. The maximum absolute atomic E-state index is 12.6. The van der Waals surface area contributed by atoms with Crippen LogP contribution < -0.4 is 10.3 Å². The van der Waals surface area contributed by atoms with Crippen LogP contribution in [0.4, 0.5) is 0 Å². The average molecular weight is 472 g/mol. The first-order valence-electron chi connectivity index (χ1n) is 11.6. The van der Waals surface area contributed by atoms with E-state index >= 15 is 0 Å². The number of hydrogen-bond donors (Lipinski definition) is 0. The van der Waals surface area contributed by atoms with Gasteiger partial charge in [0.15, 0.2) is 5.78 Å². The van der Waals surface area contributed by atoms with Crippen LogP contribution in [0, 0.1) is 11.8 Å². The summed E-state index contributed by atoms with van der Waals surface area (Å²) in [7, 11) is 1.41. The number of aromatic nitrogens is 2. The largest absolute Gasteiger partial charge is 0.490 e. The Labute approximate surface area is 205 Å². The molecule has 7 nitrogen and oxygen atoms in total. The Hall–Kier alpha value is -3.73. The molecule has 0 spiro atoms. The highest BCUT2D eigenvalue weighted by Crippen LogP contribution is 2.16. The number of morpholine rings is 1. The van der Waals surface area contributed by atoms with Gasteiger partial charge in [-0.15, -0.1) is 0 Å². The topological polar surface area (TPSA) is 73.7 Å². The van der Waals surface area contributed by atoms with Gasteiger partial charge in [-0.3, -0.25) is 19.1 Å². The second-order valence-corrected chi connectivity index (χ2v) is 8.54. The molecule has 2 aromatic carbocycles. The predicted octanol–water partition coefficient (Wildman–Crippen LogP) is 2.86. The summed E-state index contributed by atoms with van der Waals surface area (Å²) in [6, 6.07) is 15.4. The quantitative estimate of drug-likeness (QED) is 0.494. The molecule has 0 bridgehead atoms. The molecule has 0 N–H and O–H groups in total. The van der Waals surface area contributed by atoms with E-state index in [1.54, 1.807) is 0 Å². The zero-order valence-corrected chi connectivity index (χ0v) is 20.1. The highest BCUT2D eigenvalue weighted by Gasteiger charge is 2.20. The van der Waals surface area contributed by atoms with E-state index in [0.29, 0.717) is 6.42 Å². The van der Waals surface area contributed by atoms with Gasteiger partial charge in [0.25, 0.3) is 5.56 Å². The molecular formula is C28H29N3O4. The van der Waals surface area contributed by atoms with Crippen molar-refractivity contribution in [2.75, 3.05) is 33.4 Å². The molecule has 1 atom stereocenters. The third-order valence-electron chi connectivity index (χ3n) is 6.05. The molecule has 0 saturated carbocycles. The Morgan fingerprint density at radius 3 is 2.20 bits per heavy atom. The third-order valence-corrected chi connectivity index (χ3v) is 6.05. The summed E-state index contributed by atoms with van der Waals surface area (Å²) in [4.78, 5) is 31.3. The number of benzene rings is 2. The van der Waals surface area contributed by atoms with Crippen LogP contribution in [0.3, 0.4) is 0 Å². The maximum atomic E-state index is 12.6. The van der Waals surface area contributed by atoms with Crippen molar-refractivity contribution in [3.05, 3.63) is 93.7 Å². The minimum atomic E-state index is -0.655. The van der Waals surface area contributed by atoms with Gasteiger partial charge in [0, 0.05) is 37.2 Å². The Morgan fingerprint density at radius 1 is 1.03 bits per heavy atom. The molecule has 0 radical (unpaired) electrons. The number of ketones is 1. The second-order valence-electron chi connectivity index (χ2n) is 8.54. The van der Waals surface area contributed by atoms with E-state index < -0.39 is 6.04 Å². The highest BCUT2D eigenvalue weighted by atomic mass is 16.5. The summed E-state index contributed by atoms with van der Waals surface area (Å²) >= 11 is 0. The second kappa shape index (κ2) is 11.6. The molecule has 180 valence electrons. The van der Waals surface area contributed by atoms with Gasteiger partial charge in [-0.1, -0.05) is 36.1 Å². The van der Waals surface area contributed by atoms with Crippen molar-refractivity contribution < 1.29 is 14.3 Å². The van der Waals surface area contributed by atoms with E-state index in [1.165, 1.54) is 36.7 Å². The minimum absolute atomic E-state index is 0.110. The molecular weight excluding hydrogens is 442 g/mol. The number of ether oxygens (including phenoxy) is 2. The molecule has 0 amide bonds. The number of carbonyl (C=O) groups excluding carboxylic acids is 1. The van der Waals surface area contributed by atoms with Crippen LogP contribution in [-0.2, 0) is 22.5 Å². The van der Waals surface area contributed by atoms with Crippen LogP contribution >= 0.6 is 0 Å². The van der Waals surface area contributed by atoms with Gasteiger partial charge in [0.05, 0.1) is 32.8 Å². The Morgan fingerprint density at radius 2 is 1.63 bits per heavy atom. The van der Waals surface area contributed by atoms with E-state index in [0.717, 1.165) is 49.5 Å². The molecule has 1 saturated heterocycles. The number of methoxy groups -OCH3 is 1. The average Bonchev–Trinajstić information content (AvgIpc) is 2.88. The van der Waals surface area contributed by atoms with E-state index in [2.05, 4.69) is 46.0 Å². The van der Waals surface area contributed by atoms with Crippen molar-refractivity contribution >= 4 is 5.78 Å². The van der Waals surface area contributed by atoms with Crippen molar-refractivity contribution in [1.82, 2.24) is 14.5 Å². The molecule has 3 aromatic rings. The van der Waals surface area contributed by atoms with Crippen LogP contribution in [0.25, 0.3) is 0 Å². The van der Waals surface area contributed by atoms with Gasteiger partial charge >= 0.3 is 0 Å². The molecule has 2 heterocycles. The Balaban J connectivity index is 1.41. The van der Waals surface area contributed by atoms with Crippen LogP contribution in [0.2, 0.25) is 0 Å². The molecule has 4 rings (SSSR count). The van der Waals surface area contributed by atoms with Crippen LogP contribution in [0.1, 0.15) is 35.2 Å². The zero-order chi connectivity index (χ0) is 24.6. The summed E-state index contributed by atoms with van der Waals surface area (Å²) in [6.07, 6.45) is 3.10. The van der Waals surface area contributed by atoms with Gasteiger partial charge in [0.1, 0.15) is 6.04 Å². The summed E-state index contributed by atoms with van der Waals surface area (Å²) in [5.74, 6) is 6.39. The van der Waals surface area contributed by atoms with Crippen LogP contribution in [0.15, 0.2) is 65.8 Å². The molecule has 7 heteroatoms. The molecule has 1 aliphatic heterocycles.